The van der Waals surface area contributed by atoms with Crippen LogP contribution in [0.4, 0.5) is 6.01 Å². The minimum Gasteiger partial charge on any atom is -0.407 e. The van der Waals surface area contributed by atoms with Crippen molar-refractivity contribution < 1.29 is 9.21 Å². The van der Waals surface area contributed by atoms with Crippen molar-refractivity contribution in [2.45, 2.75) is 25.1 Å². The molecule has 0 aliphatic heterocycles. The zero-order valence-electron chi connectivity index (χ0n) is 8.20. The number of halogens is 1. The molecule has 1 amide bonds. The van der Waals surface area contributed by atoms with Gasteiger partial charge in [-0.2, -0.15) is 0 Å². The van der Waals surface area contributed by atoms with Crippen LogP contribution in [0.1, 0.15) is 25.2 Å². The Hall–Kier alpha value is -1.30. The normalized spacial score (nSPS) is 10.2. The number of hydrogen-bond acceptors (Lipinski definition) is 5. The van der Waals surface area contributed by atoms with E-state index < -0.39 is 0 Å². The Morgan fingerprint density at radius 2 is 2.27 bits per heavy atom. The highest BCUT2D eigenvalue weighted by Crippen LogP contribution is 2.07. The van der Waals surface area contributed by atoms with Crippen molar-refractivity contribution in [2.24, 2.45) is 5.73 Å². The lowest BCUT2D eigenvalue weighted by Gasteiger charge is -1.99. The van der Waals surface area contributed by atoms with E-state index in [-0.39, 0.29) is 11.8 Å². The monoisotopic (exact) mass is 232 g/mol. The number of nitrogens with zero attached hydrogens (tertiary/aromatic N) is 2. The summed E-state index contributed by atoms with van der Waals surface area (Å²) < 4.78 is 5.10. The molecule has 0 aliphatic carbocycles. The van der Waals surface area contributed by atoms with Crippen molar-refractivity contribution in [1.29, 1.82) is 0 Å². The van der Waals surface area contributed by atoms with Crippen molar-refractivity contribution in [3.05, 3.63) is 5.89 Å². The topological polar surface area (TPSA) is 94.0 Å². The number of rotatable bonds is 7. The van der Waals surface area contributed by atoms with E-state index in [1.54, 1.807) is 0 Å². The molecule has 0 spiro atoms. The third kappa shape index (κ3) is 4.64. The van der Waals surface area contributed by atoms with E-state index in [1.807, 2.05) is 0 Å². The van der Waals surface area contributed by atoms with Crippen LogP contribution < -0.4 is 11.1 Å². The Bertz CT molecular complexity index is 315. The summed E-state index contributed by atoms with van der Waals surface area (Å²) in [4.78, 5) is 10.4. The number of unbranched alkanes of at least 4 members (excludes halogenated alkanes) is 1. The molecule has 1 rings (SSSR count). The highest BCUT2D eigenvalue weighted by atomic mass is 35.5. The molecule has 1 aromatic rings. The first kappa shape index (κ1) is 11.8. The van der Waals surface area contributed by atoms with Gasteiger partial charge in [0, 0.05) is 13.0 Å². The quantitative estimate of drug-likeness (QED) is 0.538. The molecule has 1 heterocycles. The van der Waals surface area contributed by atoms with Crippen LogP contribution in [0.25, 0.3) is 0 Å². The van der Waals surface area contributed by atoms with Crippen molar-refractivity contribution in [2.75, 3.05) is 11.9 Å². The highest BCUT2D eigenvalue weighted by molar-refractivity contribution is 6.16. The Labute approximate surface area is 92.2 Å². The molecule has 0 bridgehead atoms. The lowest BCUT2D eigenvalue weighted by molar-refractivity contribution is -0.118. The average Bonchev–Trinajstić information content (AvgIpc) is 2.65. The van der Waals surface area contributed by atoms with Gasteiger partial charge < -0.3 is 15.5 Å². The molecule has 0 atom stereocenters. The van der Waals surface area contributed by atoms with Crippen molar-refractivity contribution in [3.8, 4) is 0 Å². The summed E-state index contributed by atoms with van der Waals surface area (Å²) in [6.45, 7) is 0.664. The summed E-state index contributed by atoms with van der Waals surface area (Å²) in [6.07, 6.45) is 1.97. The Morgan fingerprint density at radius 3 is 2.87 bits per heavy atom. The minimum atomic E-state index is -0.280. The molecule has 0 aromatic carbocycles. The first-order valence-electron chi connectivity index (χ1n) is 4.63. The lowest BCUT2D eigenvalue weighted by Crippen LogP contribution is -2.10. The molecule has 3 N–H and O–H groups in total. The number of primary amides is 1. The van der Waals surface area contributed by atoms with Crippen LogP contribution >= 0.6 is 11.6 Å². The predicted molar refractivity (Wildman–Crippen MR) is 55.4 cm³/mol. The van der Waals surface area contributed by atoms with E-state index in [0.717, 1.165) is 12.8 Å². The van der Waals surface area contributed by atoms with Gasteiger partial charge in [0.15, 0.2) is 0 Å². The molecular formula is C8H13ClN4O2. The van der Waals surface area contributed by atoms with Gasteiger partial charge in [-0.3, -0.25) is 4.79 Å². The van der Waals surface area contributed by atoms with E-state index in [4.69, 9.17) is 21.8 Å². The fourth-order valence-corrected chi connectivity index (χ4v) is 1.11. The third-order valence-electron chi connectivity index (χ3n) is 1.71. The molecule has 6 nitrogen and oxygen atoms in total. The zero-order valence-corrected chi connectivity index (χ0v) is 8.96. The Kier molecular flexibility index (Phi) is 4.89. The van der Waals surface area contributed by atoms with E-state index in [2.05, 4.69) is 15.5 Å². The van der Waals surface area contributed by atoms with Crippen LogP contribution in [-0.4, -0.2) is 22.6 Å². The number of amides is 1. The number of anilines is 1. The second kappa shape index (κ2) is 6.23. The van der Waals surface area contributed by atoms with Crippen LogP contribution in [0.5, 0.6) is 0 Å². The molecule has 0 aliphatic rings. The van der Waals surface area contributed by atoms with Gasteiger partial charge in [-0.15, -0.1) is 16.7 Å². The molecule has 7 heteroatoms. The van der Waals surface area contributed by atoms with Crippen LogP contribution in [0.3, 0.4) is 0 Å². The van der Waals surface area contributed by atoms with Crippen LogP contribution in [0.15, 0.2) is 4.42 Å². The number of aromatic nitrogens is 2. The van der Waals surface area contributed by atoms with Crippen molar-refractivity contribution in [1.82, 2.24) is 10.2 Å². The maximum atomic E-state index is 10.4. The zero-order chi connectivity index (χ0) is 11.1. The molecular weight excluding hydrogens is 220 g/mol. The standard InChI is InChI=1S/C8H13ClN4O2/c9-5-7-12-13-8(15-7)11-4-2-1-3-6(10)14/h1-5H2,(H2,10,14)(H,11,13). The fraction of sp³-hybridized carbons (Fsp3) is 0.625. The Morgan fingerprint density at radius 1 is 1.47 bits per heavy atom. The van der Waals surface area contributed by atoms with Gasteiger partial charge in [-0.25, -0.2) is 0 Å². The van der Waals surface area contributed by atoms with Gasteiger partial charge in [0.05, 0.1) is 0 Å². The molecule has 0 fully saturated rings. The number of carbonyl (C=O) groups is 1. The predicted octanol–water partition coefficient (Wildman–Crippen LogP) is 0.876. The second-order valence-electron chi connectivity index (χ2n) is 2.98. The molecule has 15 heavy (non-hydrogen) atoms. The molecule has 84 valence electrons. The summed E-state index contributed by atoms with van der Waals surface area (Å²) in [6, 6.07) is 0.352. The number of nitrogens with two attached hydrogens (primary N) is 1. The molecule has 1 aromatic heterocycles. The summed E-state index contributed by atoms with van der Waals surface area (Å²) >= 11 is 5.48. The van der Waals surface area contributed by atoms with E-state index in [9.17, 15) is 4.79 Å². The summed E-state index contributed by atoms with van der Waals surface area (Å²) in [5.41, 5.74) is 4.99. The molecule has 0 radical (unpaired) electrons. The number of carbonyl (C=O) groups excluding carboxylic acids is 1. The van der Waals surface area contributed by atoms with Gasteiger partial charge in [-0.1, -0.05) is 5.10 Å². The molecule has 0 saturated heterocycles. The lowest BCUT2D eigenvalue weighted by atomic mass is 10.2. The largest absolute Gasteiger partial charge is 0.407 e. The Balaban J connectivity index is 2.12. The maximum Gasteiger partial charge on any atom is 0.315 e. The van der Waals surface area contributed by atoms with Gasteiger partial charge >= 0.3 is 6.01 Å². The fourth-order valence-electron chi connectivity index (χ4n) is 0.999. The van der Waals surface area contributed by atoms with Crippen molar-refractivity contribution >= 4 is 23.5 Å². The van der Waals surface area contributed by atoms with Crippen LogP contribution in [0, 0.1) is 0 Å². The van der Waals surface area contributed by atoms with Gasteiger partial charge in [0.25, 0.3) is 0 Å². The number of hydrogen-bond donors (Lipinski definition) is 2. The smallest absolute Gasteiger partial charge is 0.315 e. The molecule has 0 unspecified atom stereocenters. The van der Waals surface area contributed by atoms with Gasteiger partial charge in [0.1, 0.15) is 5.88 Å². The van der Waals surface area contributed by atoms with Crippen molar-refractivity contribution in [3.63, 3.8) is 0 Å². The minimum absolute atomic E-state index is 0.205. The second-order valence-corrected chi connectivity index (χ2v) is 3.25. The van der Waals surface area contributed by atoms with E-state index >= 15 is 0 Å². The maximum absolute atomic E-state index is 10.4. The first-order valence-corrected chi connectivity index (χ1v) is 5.16. The van der Waals surface area contributed by atoms with Gasteiger partial charge in [-0.05, 0) is 12.8 Å². The summed E-state index contributed by atoms with van der Waals surface area (Å²) in [7, 11) is 0. The highest BCUT2D eigenvalue weighted by Gasteiger charge is 2.03. The molecule has 0 saturated carbocycles. The van der Waals surface area contributed by atoms with Crippen LogP contribution in [-0.2, 0) is 10.7 Å². The van der Waals surface area contributed by atoms with Gasteiger partial charge in [0.2, 0.25) is 11.8 Å². The van der Waals surface area contributed by atoms with E-state index in [0.29, 0.717) is 24.9 Å². The number of alkyl halides is 1. The third-order valence-corrected chi connectivity index (χ3v) is 1.94. The van der Waals surface area contributed by atoms with Crippen LogP contribution in [0.2, 0.25) is 0 Å². The summed E-state index contributed by atoms with van der Waals surface area (Å²) in [5.74, 6) is 0.310. The summed E-state index contributed by atoms with van der Waals surface area (Å²) in [5, 5.41) is 10.3. The van der Waals surface area contributed by atoms with E-state index in [1.165, 1.54) is 0 Å². The average molecular weight is 233 g/mol. The first-order chi connectivity index (χ1) is 7.22. The SMILES string of the molecule is NC(=O)CCCCNc1nnc(CCl)o1. The number of nitrogens with one attached hydrogen (secondary N) is 1.